The van der Waals surface area contributed by atoms with E-state index in [-0.39, 0.29) is 6.04 Å². The van der Waals surface area contributed by atoms with E-state index >= 15 is 0 Å². The zero-order chi connectivity index (χ0) is 16.4. The molecule has 1 atom stereocenters. The van der Waals surface area contributed by atoms with Crippen LogP contribution < -0.4 is 10.2 Å². The first-order valence-electron chi connectivity index (χ1n) is 7.73. The van der Waals surface area contributed by atoms with Crippen LogP contribution in [0, 0.1) is 0 Å². The lowest BCUT2D eigenvalue weighted by molar-refractivity contribution is 0.529. The summed E-state index contributed by atoms with van der Waals surface area (Å²) in [4.78, 5) is 2.65. The molecule has 1 aromatic carbocycles. The van der Waals surface area contributed by atoms with Crippen LogP contribution >= 0.6 is 0 Å². The van der Waals surface area contributed by atoms with Gasteiger partial charge >= 0.3 is 0 Å². The van der Waals surface area contributed by atoms with Crippen LogP contribution in [0.3, 0.4) is 0 Å². The maximum atomic E-state index is 11.9. The molecule has 1 aromatic heterocycles. The summed E-state index contributed by atoms with van der Waals surface area (Å²) in [7, 11) is -1.33. The number of hydrogen-bond donors (Lipinski definition) is 1. The van der Waals surface area contributed by atoms with Crippen molar-refractivity contribution in [2.45, 2.75) is 23.8 Å². The van der Waals surface area contributed by atoms with E-state index in [0.717, 1.165) is 31.6 Å². The lowest BCUT2D eigenvalue weighted by atomic mass is 10.0. The molecule has 1 fully saturated rings. The first-order valence-corrected chi connectivity index (χ1v) is 9.62. The summed E-state index contributed by atoms with van der Waals surface area (Å²) in [6.07, 6.45) is 7.21. The Kier molecular flexibility index (Phi) is 4.30. The molecule has 0 spiro atoms. The molecule has 2 aromatic rings. The standard InChI is InChI=1S/C16H22N4O2S/c1-19-12-14(10-17-19)20-9-5-6-13(11-20)18-15-7-3-4-8-16(15)23(2,21)22/h3-4,7-8,10,12-13,18H,5-6,9,11H2,1-2H3/t13-/m1/s1. The van der Waals surface area contributed by atoms with Crippen LogP contribution in [-0.2, 0) is 16.9 Å². The molecule has 7 heteroatoms. The zero-order valence-corrected chi connectivity index (χ0v) is 14.3. The zero-order valence-electron chi connectivity index (χ0n) is 13.4. The summed E-state index contributed by atoms with van der Waals surface area (Å²) < 4.78 is 25.6. The third kappa shape index (κ3) is 3.67. The second kappa shape index (κ2) is 6.23. The molecule has 1 saturated heterocycles. The normalized spacial score (nSPS) is 18.9. The predicted molar refractivity (Wildman–Crippen MR) is 91.6 cm³/mol. The van der Waals surface area contributed by atoms with Crippen LogP contribution in [0.5, 0.6) is 0 Å². The molecule has 6 nitrogen and oxygen atoms in total. The molecular formula is C16H22N4O2S. The van der Waals surface area contributed by atoms with Gasteiger partial charge in [-0.25, -0.2) is 8.42 Å². The van der Waals surface area contributed by atoms with Crippen molar-refractivity contribution in [1.82, 2.24) is 9.78 Å². The van der Waals surface area contributed by atoms with E-state index in [1.165, 1.54) is 6.26 Å². The molecule has 124 valence electrons. The Morgan fingerprint density at radius 2 is 2.09 bits per heavy atom. The lowest BCUT2D eigenvalue weighted by Gasteiger charge is -2.34. The van der Waals surface area contributed by atoms with Gasteiger partial charge in [-0.2, -0.15) is 5.10 Å². The van der Waals surface area contributed by atoms with Crippen LogP contribution in [0.25, 0.3) is 0 Å². The molecule has 1 aliphatic rings. The van der Waals surface area contributed by atoms with Crippen LogP contribution in [-0.4, -0.2) is 43.6 Å². The quantitative estimate of drug-likeness (QED) is 0.925. The third-order valence-electron chi connectivity index (χ3n) is 4.12. The van der Waals surface area contributed by atoms with Gasteiger partial charge in [-0.3, -0.25) is 4.68 Å². The molecule has 0 aliphatic carbocycles. The van der Waals surface area contributed by atoms with Gasteiger partial charge in [-0.05, 0) is 25.0 Å². The van der Waals surface area contributed by atoms with Crippen LogP contribution in [0.1, 0.15) is 12.8 Å². The van der Waals surface area contributed by atoms with E-state index in [0.29, 0.717) is 10.6 Å². The Hall–Kier alpha value is -2.02. The van der Waals surface area contributed by atoms with Gasteiger partial charge in [-0.1, -0.05) is 12.1 Å². The van der Waals surface area contributed by atoms with Crippen molar-refractivity contribution in [2.75, 3.05) is 29.6 Å². The predicted octanol–water partition coefficient (Wildman–Crippen LogP) is 1.90. The molecule has 23 heavy (non-hydrogen) atoms. The molecule has 0 radical (unpaired) electrons. The van der Waals surface area contributed by atoms with Gasteiger partial charge in [-0.15, -0.1) is 0 Å². The van der Waals surface area contributed by atoms with Crippen molar-refractivity contribution in [3.05, 3.63) is 36.7 Å². The lowest BCUT2D eigenvalue weighted by Crippen LogP contribution is -2.42. The van der Waals surface area contributed by atoms with Gasteiger partial charge in [0.1, 0.15) is 0 Å². The average Bonchev–Trinajstić information content (AvgIpc) is 2.94. The van der Waals surface area contributed by atoms with E-state index in [9.17, 15) is 8.42 Å². The molecular weight excluding hydrogens is 312 g/mol. The highest BCUT2D eigenvalue weighted by atomic mass is 32.2. The number of sulfone groups is 1. The van der Waals surface area contributed by atoms with E-state index in [2.05, 4.69) is 15.3 Å². The smallest absolute Gasteiger partial charge is 0.177 e. The summed E-state index contributed by atoms with van der Waals surface area (Å²) in [6.45, 7) is 1.83. The van der Waals surface area contributed by atoms with E-state index in [4.69, 9.17) is 0 Å². The number of hydrogen-bond acceptors (Lipinski definition) is 5. The maximum absolute atomic E-state index is 11.9. The summed E-state index contributed by atoms with van der Waals surface area (Å²) >= 11 is 0. The van der Waals surface area contributed by atoms with Crippen molar-refractivity contribution >= 4 is 21.2 Å². The number of nitrogens with one attached hydrogen (secondary N) is 1. The highest BCUT2D eigenvalue weighted by molar-refractivity contribution is 7.90. The minimum absolute atomic E-state index is 0.215. The van der Waals surface area contributed by atoms with Crippen LogP contribution in [0.4, 0.5) is 11.4 Å². The van der Waals surface area contributed by atoms with Crippen molar-refractivity contribution in [3.63, 3.8) is 0 Å². The third-order valence-corrected chi connectivity index (χ3v) is 5.28. The summed E-state index contributed by atoms with van der Waals surface area (Å²) in [5, 5.41) is 7.64. The van der Waals surface area contributed by atoms with E-state index < -0.39 is 9.84 Å². The van der Waals surface area contributed by atoms with Crippen molar-refractivity contribution in [3.8, 4) is 0 Å². The molecule has 0 amide bonds. The van der Waals surface area contributed by atoms with Gasteiger partial charge in [0.25, 0.3) is 0 Å². The summed E-state index contributed by atoms with van der Waals surface area (Å²) in [5.74, 6) is 0. The molecule has 1 N–H and O–H groups in total. The van der Waals surface area contributed by atoms with Crippen LogP contribution in [0.15, 0.2) is 41.6 Å². The number of para-hydroxylation sites is 1. The molecule has 0 saturated carbocycles. The van der Waals surface area contributed by atoms with E-state index in [1.54, 1.807) is 16.8 Å². The SMILES string of the molecule is Cn1cc(N2CCC[C@@H](Nc3ccccc3S(C)(=O)=O)C2)cn1. The first-order chi connectivity index (χ1) is 10.9. The molecule has 0 bridgehead atoms. The second-order valence-corrected chi connectivity index (χ2v) is 8.05. The van der Waals surface area contributed by atoms with Crippen LogP contribution in [0.2, 0.25) is 0 Å². The topological polar surface area (TPSA) is 67.2 Å². The second-order valence-electron chi connectivity index (χ2n) is 6.07. The maximum Gasteiger partial charge on any atom is 0.177 e. The Morgan fingerprint density at radius 1 is 1.30 bits per heavy atom. The van der Waals surface area contributed by atoms with Gasteiger partial charge in [0.15, 0.2) is 9.84 Å². The molecule has 2 heterocycles. The highest BCUT2D eigenvalue weighted by Gasteiger charge is 2.22. The Morgan fingerprint density at radius 3 is 2.78 bits per heavy atom. The summed E-state index contributed by atoms with van der Waals surface area (Å²) in [6, 6.07) is 7.31. The largest absolute Gasteiger partial charge is 0.379 e. The number of nitrogens with zero attached hydrogens (tertiary/aromatic N) is 3. The van der Waals surface area contributed by atoms with Crippen molar-refractivity contribution in [1.29, 1.82) is 0 Å². The Balaban J connectivity index is 1.76. The molecule has 1 aliphatic heterocycles. The van der Waals surface area contributed by atoms with Gasteiger partial charge in [0, 0.05) is 38.6 Å². The fraction of sp³-hybridized carbons (Fsp3) is 0.438. The first kappa shape index (κ1) is 15.9. The average molecular weight is 334 g/mol. The number of aryl methyl sites for hydroxylation is 1. The van der Waals surface area contributed by atoms with Gasteiger partial charge in [0.05, 0.1) is 22.5 Å². The number of rotatable bonds is 4. The summed E-state index contributed by atoms with van der Waals surface area (Å²) in [5.41, 5.74) is 1.79. The minimum Gasteiger partial charge on any atom is -0.379 e. The Labute approximate surface area is 137 Å². The van der Waals surface area contributed by atoms with Crippen molar-refractivity contribution < 1.29 is 8.42 Å². The van der Waals surface area contributed by atoms with Gasteiger partial charge in [0.2, 0.25) is 0 Å². The van der Waals surface area contributed by atoms with Gasteiger partial charge < -0.3 is 10.2 Å². The number of benzene rings is 1. The minimum atomic E-state index is -3.24. The fourth-order valence-corrected chi connectivity index (χ4v) is 3.88. The van der Waals surface area contributed by atoms with Crippen molar-refractivity contribution in [2.24, 2.45) is 7.05 Å². The number of piperidine rings is 1. The number of aromatic nitrogens is 2. The fourth-order valence-electron chi connectivity index (χ4n) is 3.03. The molecule has 0 unspecified atom stereocenters. The Bertz CT molecular complexity index is 785. The number of anilines is 2. The monoisotopic (exact) mass is 334 g/mol. The molecule has 3 rings (SSSR count). The van der Waals surface area contributed by atoms with E-state index in [1.807, 2.05) is 31.6 Å². The highest BCUT2D eigenvalue weighted by Crippen LogP contribution is 2.25.